The summed E-state index contributed by atoms with van der Waals surface area (Å²) in [5.41, 5.74) is -0.559. The largest absolute Gasteiger partial charge is 0.388 e. The number of carbonyl (C=O) groups is 2. The van der Waals surface area contributed by atoms with Crippen molar-refractivity contribution in [1.29, 1.82) is 0 Å². The number of carbonyl (C=O) groups excluding carboxylic acids is 2. The molecule has 0 aromatic heterocycles. The van der Waals surface area contributed by atoms with Crippen LogP contribution in [0.25, 0.3) is 0 Å². The summed E-state index contributed by atoms with van der Waals surface area (Å²) >= 11 is 0. The number of aliphatic hydroxyl groups is 1. The van der Waals surface area contributed by atoms with Gasteiger partial charge in [0.1, 0.15) is 5.82 Å². The Hall–Kier alpha value is -1.95. The Labute approximate surface area is 136 Å². The quantitative estimate of drug-likeness (QED) is 0.639. The van der Waals surface area contributed by atoms with E-state index in [4.69, 9.17) is 0 Å². The minimum absolute atomic E-state index is 0.0396. The predicted molar refractivity (Wildman–Crippen MR) is 86.4 cm³/mol. The Morgan fingerprint density at radius 3 is 2.39 bits per heavy atom. The highest BCUT2D eigenvalue weighted by atomic mass is 19.1. The Morgan fingerprint density at radius 1 is 1.22 bits per heavy atom. The first-order valence-corrected chi connectivity index (χ1v) is 7.75. The van der Waals surface area contributed by atoms with Gasteiger partial charge in [0.25, 0.3) is 5.91 Å². The summed E-state index contributed by atoms with van der Waals surface area (Å²) in [5, 5.41) is 15.4. The first-order valence-electron chi connectivity index (χ1n) is 7.75. The number of nitrogens with one attached hydrogen (secondary N) is 2. The SMILES string of the molecule is CC(C)C(C)(O)CNC(=O)CCCNC(=O)c1ccc(F)cc1. The second kappa shape index (κ2) is 8.62. The van der Waals surface area contributed by atoms with Crippen molar-refractivity contribution in [2.75, 3.05) is 13.1 Å². The fourth-order valence-electron chi connectivity index (χ4n) is 1.72. The molecule has 1 atom stereocenters. The first kappa shape index (κ1) is 19.1. The van der Waals surface area contributed by atoms with Crippen molar-refractivity contribution < 1.29 is 19.1 Å². The van der Waals surface area contributed by atoms with Gasteiger partial charge in [0.2, 0.25) is 5.91 Å². The normalized spacial score (nSPS) is 13.5. The number of benzene rings is 1. The van der Waals surface area contributed by atoms with E-state index in [1.165, 1.54) is 24.3 Å². The van der Waals surface area contributed by atoms with E-state index in [0.717, 1.165) is 0 Å². The summed E-state index contributed by atoms with van der Waals surface area (Å²) in [7, 11) is 0. The standard InChI is InChI=1S/C17H25FN2O3/c1-12(2)17(3,23)11-20-15(21)5-4-10-19-16(22)13-6-8-14(18)9-7-13/h6-9,12,23H,4-5,10-11H2,1-3H3,(H,19,22)(H,20,21). The van der Waals surface area contributed by atoms with Crippen LogP contribution < -0.4 is 10.6 Å². The van der Waals surface area contributed by atoms with E-state index >= 15 is 0 Å². The van der Waals surface area contributed by atoms with Crippen molar-refractivity contribution >= 4 is 11.8 Å². The highest BCUT2D eigenvalue weighted by Gasteiger charge is 2.25. The maximum Gasteiger partial charge on any atom is 0.251 e. The fraction of sp³-hybridized carbons (Fsp3) is 0.529. The molecule has 0 aliphatic heterocycles. The van der Waals surface area contributed by atoms with Crippen LogP contribution in [-0.4, -0.2) is 35.6 Å². The van der Waals surface area contributed by atoms with Gasteiger partial charge in [-0.3, -0.25) is 9.59 Å². The molecular formula is C17H25FN2O3. The van der Waals surface area contributed by atoms with Crippen LogP contribution in [0.15, 0.2) is 24.3 Å². The summed E-state index contributed by atoms with van der Waals surface area (Å²) in [6.45, 7) is 6.00. The molecule has 128 valence electrons. The Bertz CT molecular complexity index is 527. The number of halogens is 1. The van der Waals surface area contributed by atoms with Crippen molar-refractivity contribution in [3.05, 3.63) is 35.6 Å². The van der Waals surface area contributed by atoms with Crippen LogP contribution in [0.3, 0.4) is 0 Å². The molecule has 0 spiro atoms. The van der Waals surface area contributed by atoms with Crippen LogP contribution in [0.2, 0.25) is 0 Å². The Balaban J connectivity index is 2.23. The average molecular weight is 324 g/mol. The minimum Gasteiger partial charge on any atom is -0.388 e. The molecule has 23 heavy (non-hydrogen) atoms. The third-order valence-corrected chi connectivity index (χ3v) is 3.86. The second-order valence-electron chi connectivity index (χ2n) is 6.15. The highest BCUT2D eigenvalue weighted by molar-refractivity contribution is 5.94. The van der Waals surface area contributed by atoms with Crippen LogP contribution in [0.4, 0.5) is 4.39 Å². The molecule has 0 fully saturated rings. The van der Waals surface area contributed by atoms with Crippen molar-refractivity contribution in [2.45, 2.75) is 39.2 Å². The van der Waals surface area contributed by atoms with Gasteiger partial charge >= 0.3 is 0 Å². The van der Waals surface area contributed by atoms with Crippen LogP contribution >= 0.6 is 0 Å². The molecule has 1 unspecified atom stereocenters. The third-order valence-electron chi connectivity index (χ3n) is 3.86. The molecule has 1 aromatic carbocycles. The first-order chi connectivity index (χ1) is 10.7. The van der Waals surface area contributed by atoms with Gasteiger partial charge in [-0.05, 0) is 43.5 Å². The van der Waals surface area contributed by atoms with E-state index in [2.05, 4.69) is 10.6 Å². The molecule has 1 aromatic rings. The molecule has 0 saturated heterocycles. The zero-order valence-corrected chi connectivity index (χ0v) is 13.9. The maximum atomic E-state index is 12.8. The van der Waals surface area contributed by atoms with Gasteiger partial charge in [0.05, 0.1) is 5.60 Å². The van der Waals surface area contributed by atoms with Gasteiger partial charge in [0, 0.05) is 25.1 Å². The molecule has 3 N–H and O–H groups in total. The van der Waals surface area contributed by atoms with Gasteiger partial charge < -0.3 is 15.7 Å². The summed E-state index contributed by atoms with van der Waals surface area (Å²) in [5.74, 6) is -0.816. The van der Waals surface area contributed by atoms with Crippen LogP contribution in [0, 0.1) is 11.7 Å². The minimum atomic E-state index is -0.938. The molecule has 5 nitrogen and oxygen atoms in total. The molecule has 0 saturated carbocycles. The monoisotopic (exact) mass is 324 g/mol. The van der Waals surface area contributed by atoms with Crippen molar-refractivity contribution in [2.24, 2.45) is 5.92 Å². The average Bonchev–Trinajstić information content (AvgIpc) is 2.50. The number of hydrogen-bond acceptors (Lipinski definition) is 3. The lowest BCUT2D eigenvalue weighted by Crippen LogP contribution is -2.44. The molecule has 2 amide bonds. The Morgan fingerprint density at radius 2 is 1.83 bits per heavy atom. The van der Waals surface area contributed by atoms with Crippen LogP contribution in [0.1, 0.15) is 44.0 Å². The molecule has 0 aliphatic rings. The number of hydrogen-bond donors (Lipinski definition) is 3. The van der Waals surface area contributed by atoms with Gasteiger partial charge in [-0.2, -0.15) is 0 Å². The van der Waals surface area contributed by atoms with E-state index in [-0.39, 0.29) is 30.7 Å². The Kier molecular flexibility index (Phi) is 7.16. The molecule has 0 heterocycles. The van der Waals surface area contributed by atoms with E-state index in [0.29, 0.717) is 18.5 Å². The van der Waals surface area contributed by atoms with Crippen molar-refractivity contribution in [1.82, 2.24) is 10.6 Å². The van der Waals surface area contributed by atoms with Gasteiger partial charge in [-0.15, -0.1) is 0 Å². The van der Waals surface area contributed by atoms with E-state index < -0.39 is 11.4 Å². The molecule has 0 bridgehead atoms. The molecule has 6 heteroatoms. The van der Waals surface area contributed by atoms with Crippen molar-refractivity contribution in [3.8, 4) is 0 Å². The lowest BCUT2D eigenvalue weighted by atomic mass is 9.92. The van der Waals surface area contributed by atoms with Crippen LogP contribution in [0.5, 0.6) is 0 Å². The summed E-state index contributed by atoms with van der Waals surface area (Å²) < 4.78 is 12.8. The van der Waals surface area contributed by atoms with Gasteiger partial charge in [-0.1, -0.05) is 13.8 Å². The summed E-state index contributed by atoms with van der Waals surface area (Å²) in [4.78, 5) is 23.5. The predicted octanol–water partition coefficient (Wildman–Crippen LogP) is 1.86. The molecular weight excluding hydrogens is 299 g/mol. The lowest BCUT2D eigenvalue weighted by molar-refractivity contribution is -0.122. The van der Waals surface area contributed by atoms with E-state index in [9.17, 15) is 19.1 Å². The van der Waals surface area contributed by atoms with Crippen LogP contribution in [-0.2, 0) is 4.79 Å². The van der Waals surface area contributed by atoms with E-state index in [1.807, 2.05) is 13.8 Å². The van der Waals surface area contributed by atoms with Gasteiger partial charge in [0.15, 0.2) is 0 Å². The number of amides is 2. The number of rotatable bonds is 8. The zero-order valence-electron chi connectivity index (χ0n) is 13.9. The van der Waals surface area contributed by atoms with Crippen molar-refractivity contribution in [3.63, 3.8) is 0 Å². The summed E-state index contributed by atoms with van der Waals surface area (Å²) in [6.07, 6.45) is 0.750. The molecule has 0 aliphatic carbocycles. The van der Waals surface area contributed by atoms with E-state index in [1.54, 1.807) is 6.92 Å². The fourth-order valence-corrected chi connectivity index (χ4v) is 1.72. The second-order valence-corrected chi connectivity index (χ2v) is 6.15. The molecule has 0 radical (unpaired) electrons. The smallest absolute Gasteiger partial charge is 0.251 e. The zero-order chi connectivity index (χ0) is 17.5. The summed E-state index contributed by atoms with van der Waals surface area (Å²) in [6, 6.07) is 5.27. The molecule has 1 rings (SSSR count). The topological polar surface area (TPSA) is 78.4 Å². The van der Waals surface area contributed by atoms with Gasteiger partial charge in [-0.25, -0.2) is 4.39 Å². The third kappa shape index (κ3) is 6.78. The highest BCUT2D eigenvalue weighted by Crippen LogP contribution is 2.14. The lowest BCUT2D eigenvalue weighted by Gasteiger charge is -2.27. The maximum absolute atomic E-state index is 12.8.